The van der Waals surface area contributed by atoms with Crippen LogP contribution in [0.5, 0.6) is 0 Å². The SMILES string of the molecule is CCCOCCC(=O)N1CCCC1C1CCCN1. The van der Waals surface area contributed by atoms with Gasteiger partial charge in [-0.2, -0.15) is 0 Å². The molecular formula is C14H26N2O2. The van der Waals surface area contributed by atoms with E-state index in [1.807, 2.05) is 0 Å². The van der Waals surface area contributed by atoms with Crippen molar-refractivity contribution in [1.29, 1.82) is 0 Å². The lowest BCUT2D eigenvalue weighted by atomic mass is 10.0. The molecule has 0 aliphatic carbocycles. The molecule has 4 heteroatoms. The molecule has 2 atom stereocenters. The van der Waals surface area contributed by atoms with E-state index in [1.54, 1.807) is 0 Å². The lowest BCUT2D eigenvalue weighted by molar-refractivity contribution is -0.133. The standard InChI is InChI=1S/C14H26N2O2/c1-2-10-18-11-7-14(17)16-9-4-6-13(16)12-5-3-8-15-12/h12-13,15H,2-11H2,1H3. The summed E-state index contributed by atoms with van der Waals surface area (Å²) in [6.45, 7) is 5.48. The molecule has 0 spiro atoms. The van der Waals surface area contributed by atoms with Gasteiger partial charge in [-0.05, 0) is 38.6 Å². The maximum Gasteiger partial charge on any atom is 0.225 e. The van der Waals surface area contributed by atoms with Crippen molar-refractivity contribution in [2.24, 2.45) is 0 Å². The number of hydrogen-bond acceptors (Lipinski definition) is 3. The van der Waals surface area contributed by atoms with E-state index in [9.17, 15) is 4.79 Å². The van der Waals surface area contributed by atoms with Gasteiger partial charge < -0.3 is 15.0 Å². The van der Waals surface area contributed by atoms with E-state index in [0.717, 1.165) is 32.5 Å². The molecule has 1 amide bonds. The Hall–Kier alpha value is -0.610. The smallest absolute Gasteiger partial charge is 0.225 e. The second kappa shape index (κ2) is 7.10. The predicted molar refractivity (Wildman–Crippen MR) is 71.5 cm³/mol. The molecule has 0 aromatic carbocycles. The van der Waals surface area contributed by atoms with Gasteiger partial charge >= 0.3 is 0 Å². The van der Waals surface area contributed by atoms with Crippen molar-refractivity contribution in [3.8, 4) is 0 Å². The van der Waals surface area contributed by atoms with Crippen LogP contribution in [0.4, 0.5) is 0 Å². The number of nitrogens with one attached hydrogen (secondary N) is 1. The summed E-state index contributed by atoms with van der Waals surface area (Å²) in [4.78, 5) is 14.3. The highest BCUT2D eigenvalue weighted by Crippen LogP contribution is 2.25. The van der Waals surface area contributed by atoms with Crippen molar-refractivity contribution in [2.45, 2.75) is 57.5 Å². The molecule has 0 saturated carbocycles. The fourth-order valence-electron chi connectivity index (χ4n) is 3.11. The zero-order chi connectivity index (χ0) is 12.8. The van der Waals surface area contributed by atoms with E-state index >= 15 is 0 Å². The number of rotatable bonds is 6. The summed E-state index contributed by atoms with van der Waals surface area (Å²) < 4.78 is 5.41. The first-order valence-electron chi connectivity index (χ1n) is 7.43. The second-order valence-electron chi connectivity index (χ2n) is 5.36. The molecule has 2 aliphatic rings. The van der Waals surface area contributed by atoms with Gasteiger partial charge in [-0.3, -0.25) is 4.79 Å². The number of ether oxygens (including phenoxy) is 1. The first kappa shape index (κ1) is 13.8. The first-order valence-corrected chi connectivity index (χ1v) is 7.43. The van der Waals surface area contributed by atoms with E-state index in [4.69, 9.17) is 4.74 Å². The summed E-state index contributed by atoms with van der Waals surface area (Å²) in [7, 11) is 0. The van der Waals surface area contributed by atoms with Gasteiger partial charge in [-0.1, -0.05) is 6.92 Å². The Labute approximate surface area is 110 Å². The van der Waals surface area contributed by atoms with Crippen molar-refractivity contribution in [1.82, 2.24) is 10.2 Å². The van der Waals surface area contributed by atoms with Crippen molar-refractivity contribution in [2.75, 3.05) is 26.3 Å². The molecule has 18 heavy (non-hydrogen) atoms. The summed E-state index contributed by atoms with van der Waals surface area (Å²) in [5, 5.41) is 3.53. The minimum atomic E-state index is 0.280. The molecule has 0 bridgehead atoms. The molecule has 0 aromatic rings. The van der Waals surface area contributed by atoms with Crippen LogP contribution >= 0.6 is 0 Å². The number of nitrogens with zero attached hydrogens (tertiary/aromatic N) is 1. The van der Waals surface area contributed by atoms with Crippen molar-refractivity contribution in [3.63, 3.8) is 0 Å². The Morgan fingerprint density at radius 2 is 2.22 bits per heavy atom. The van der Waals surface area contributed by atoms with Crippen LogP contribution in [0.15, 0.2) is 0 Å². The van der Waals surface area contributed by atoms with Crippen LogP contribution in [0, 0.1) is 0 Å². The molecule has 2 heterocycles. The third kappa shape index (κ3) is 3.45. The molecule has 2 aliphatic heterocycles. The Bertz CT molecular complexity index is 265. The number of amides is 1. The zero-order valence-electron chi connectivity index (χ0n) is 11.5. The molecule has 2 rings (SSSR count). The minimum Gasteiger partial charge on any atom is -0.381 e. The molecule has 2 saturated heterocycles. The van der Waals surface area contributed by atoms with E-state index in [0.29, 0.717) is 25.1 Å². The van der Waals surface area contributed by atoms with Crippen molar-refractivity contribution in [3.05, 3.63) is 0 Å². The highest BCUT2D eigenvalue weighted by molar-refractivity contribution is 5.77. The normalized spacial score (nSPS) is 27.9. The maximum absolute atomic E-state index is 12.2. The fourth-order valence-corrected chi connectivity index (χ4v) is 3.11. The van der Waals surface area contributed by atoms with Gasteiger partial charge in [0.15, 0.2) is 0 Å². The molecule has 4 nitrogen and oxygen atoms in total. The Morgan fingerprint density at radius 3 is 2.94 bits per heavy atom. The van der Waals surface area contributed by atoms with Gasteiger partial charge in [-0.25, -0.2) is 0 Å². The summed E-state index contributed by atoms with van der Waals surface area (Å²) in [6.07, 6.45) is 6.36. The predicted octanol–water partition coefficient (Wildman–Crippen LogP) is 1.55. The number of hydrogen-bond donors (Lipinski definition) is 1. The van der Waals surface area contributed by atoms with E-state index in [-0.39, 0.29) is 5.91 Å². The van der Waals surface area contributed by atoms with Gasteiger partial charge in [0, 0.05) is 25.2 Å². The first-order chi connectivity index (χ1) is 8.83. The van der Waals surface area contributed by atoms with Gasteiger partial charge in [-0.15, -0.1) is 0 Å². The lowest BCUT2D eigenvalue weighted by Gasteiger charge is -2.29. The van der Waals surface area contributed by atoms with Crippen LogP contribution in [-0.4, -0.2) is 49.2 Å². The van der Waals surface area contributed by atoms with Crippen molar-refractivity contribution < 1.29 is 9.53 Å². The van der Waals surface area contributed by atoms with Gasteiger partial charge in [0.05, 0.1) is 13.0 Å². The maximum atomic E-state index is 12.2. The van der Waals surface area contributed by atoms with E-state index < -0.39 is 0 Å². The molecular weight excluding hydrogens is 228 g/mol. The summed E-state index contributed by atoms with van der Waals surface area (Å²) in [5.41, 5.74) is 0. The number of carbonyl (C=O) groups excluding carboxylic acids is 1. The van der Waals surface area contributed by atoms with Crippen LogP contribution in [-0.2, 0) is 9.53 Å². The van der Waals surface area contributed by atoms with Crippen LogP contribution < -0.4 is 5.32 Å². The van der Waals surface area contributed by atoms with Crippen molar-refractivity contribution >= 4 is 5.91 Å². The summed E-state index contributed by atoms with van der Waals surface area (Å²) in [5.74, 6) is 0.280. The summed E-state index contributed by atoms with van der Waals surface area (Å²) in [6, 6.07) is 0.971. The van der Waals surface area contributed by atoms with Gasteiger partial charge in [0.25, 0.3) is 0 Å². The van der Waals surface area contributed by atoms with Gasteiger partial charge in [0.1, 0.15) is 0 Å². The quantitative estimate of drug-likeness (QED) is 0.731. The summed E-state index contributed by atoms with van der Waals surface area (Å²) >= 11 is 0. The highest BCUT2D eigenvalue weighted by atomic mass is 16.5. The number of likely N-dealkylation sites (tertiary alicyclic amines) is 1. The van der Waals surface area contributed by atoms with Gasteiger partial charge in [0.2, 0.25) is 5.91 Å². The molecule has 0 aromatic heterocycles. The zero-order valence-corrected chi connectivity index (χ0v) is 11.5. The minimum absolute atomic E-state index is 0.280. The highest BCUT2D eigenvalue weighted by Gasteiger charge is 2.35. The van der Waals surface area contributed by atoms with Crippen LogP contribution in [0.3, 0.4) is 0 Å². The lowest BCUT2D eigenvalue weighted by Crippen LogP contribution is -2.46. The van der Waals surface area contributed by atoms with E-state index in [2.05, 4.69) is 17.1 Å². The van der Waals surface area contributed by atoms with Crippen LogP contribution in [0.1, 0.15) is 45.4 Å². The molecule has 104 valence electrons. The third-order valence-corrected chi connectivity index (χ3v) is 3.99. The third-order valence-electron chi connectivity index (χ3n) is 3.99. The average Bonchev–Trinajstić information content (AvgIpc) is 3.02. The molecule has 1 N–H and O–H groups in total. The molecule has 0 radical (unpaired) electrons. The second-order valence-corrected chi connectivity index (χ2v) is 5.36. The fraction of sp³-hybridized carbons (Fsp3) is 0.929. The van der Waals surface area contributed by atoms with Crippen LogP contribution in [0.2, 0.25) is 0 Å². The Balaban J connectivity index is 1.77. The molecule has 2 unspecified atom stereocenters. The Kier molecular flexibility index (Phi) is 5.45. The molecule has 2 fully saturated rings. The topological polar surface area (TPSA) is 41.6 Å². The average molecular weight is 254 g/mol. The van der Waals surface area contributed by atoms with Crippen LogP contribution in [0.25, 0.3) is 0 Å². The monoisotopic (exact) mass is 254 g/mol. The number of carbonyl (C=O) groups is 1. The van der Waals surface area contributed by atoms with E-state index in [1.165, 1.54) is 19.3 Å². The Morgan fingerprint density at radius 1 is 1.33 bits per heavy atom. The largest absolute Gasteiger partial charge is 0.381 e.